The maximum Gasteiger partial charge on any atom is 0.336 e. The smallest absolute Gasteiger partial charge is 0.336 e. The van der Waals surface area contributed by atoms with Gasteiger partial charge in [-0.15, -0.1) is 5.06 Å². The summed E-state index contributed by atoms with van der Waals surface area (Å²) in [7, 11) is 0. The summed E-state index contributed by atoms with van der Waals surface area (Å²) in [6.45, 7) is 0. The van der Waals surface area contributed by atoms with Crippen molar-refractivity contribution in [3.05, 3.63) is 0 Å². The maximum atomic E-state index is 12.1. The number of hydrogen-bond acceptors (Lipinski definition) is 8. The van der Waals surface area contributed by atoms with Crippen LogP contribution in [0.15, 0.2) is 0 Å². The third-order valence-electron chi connectivity index (χ3n) is 4.83. The molecule has 10 nitrogen and oxygen atoms in total. The Morgan fingerprint density at radius 3 is 2.08 bits per heavy atom. The first-order valence-corrected chi connectivity index (χ1v) is 8.63. The van der Waals surface area contributed by atoms with Crippen LogP contribution in [-0.2, 0) is 33.6 Å². The number of amides is 4. The summed E-state index contributed by atoms with van der Waals surface area (Å²) >= 11 is 0. The van der Waals surface area contributed by atoms with E-state index in [0.29, 0.717) is 29.4 Å². The van der Waals surface area contributed by atoms with Crippen molar-refractivity contribution in [2.75, 3.05) is 0 Å². The van der Waals surface area contributed by atoms with Crippen LogP contribution in [0.3, 0.4) is 0 Å². The second kappa shape index (κ2) is 7.50. The zero-order valence-electron chi connectivity index (χ0n) is 14.1. The fourth-order valence-electron chi connectivity index (χ4n) is 3.45. The molecule has 3 atom stereocenters. The van der Waals surface area contributed by atoms with Gasteiger partial charge >= 0.3 is 5.97 Å². The largest absolute Gasteiger partial charge is 0.366 e. The standard InChI is InChI=1S/C16H20N2O8/c19-11-3-4-12(20)17(11)25-15(23)8-9-1-2-10(7-9)16(24)26-18-13(21)5-6-14(18)22/h9-10,15,23H,1-8H2. The van der Waals surface area contributed by atoms with E-state index in [-0.39, 0.29) is 38.0 Å². The summed E-state index contributed by atoms with van der Waals surface area (Å²) in [5.74, 6) is -3.22. The van der Waals surface area contributed by atoms with E-state index in [1.807, 2.05) is 0 Å². The fraction of sp³-hybridized carbons (Fsp3) is 0.688. The van der Waals surface area contributed by atoms with Gasteiger partial charge in [-0.05, 0) is 25.2 Å². The van der Waals surface area contributed by atoms with Gasteiger partial charge in [-0.3, -0.25) is 19.2 Å². The van der Waals surface area contributed by atoms with Crippen LogP contribution in [0.2, 0.25) is 0 Å². The molecule has 142 valence electrons. The van der Waals surface area contributed by atoms with Gasteiger partial charge in [-0.25, -0.2) is 9.63 Å². The zero-order chi connectivity index (χ0) is 18.8. The summed E-state index contributed by atoms with van der Waals surface area (Å²) in [6, 6.07) is 0. The lowest BCUT2D eigenvalue weighted by molar-refractivity contribution is -0.248. The van der Waals surface area contributed by atoms with Gasteiger partial charge in [-0.2, -0.15) is 5.06 Å². The van der Waals surface area contributed by atoms with Gasteiger partial charge in [0, 0.05) is 32.1 Å². The maximum absolute atomic E-state index is 12.1. The summed E-state index contributed by atoms with van der Waals surface area (Å²) in [6.07, 6.45) is 0.543. The minimum absolute atomic E-state index is 0.0386. The van der Waals surface area contributed by atoms with Gasteiger partial charge < -0.3 is 9.94 Å². The molecule has 26 heavy (non-hydrogen) atoms. The number of aliphatic hydroxyl groups is 1. The van der Waals surface area contributed by atoms with Crippen LogP contribution in [0, 0.1) is 11.8 Å². The number of aliphatic hydroxyl groups excluding tert-OH is 1. The van der Waals surface area contributed by atoms with Crippen LogP contribution < -0.4 is 0 Å². The summed E-state index contributed by atoms with van der Waals surface area (Å²) in [5, 5.41) is 11.1. The van der Waals surface area contributed by atoms with Crippen molar-refractivity contribution in [1.82, 2.24) is 10.1 Å². The third kappa shape index (κ3) is 3.91. The Labute approximate surface area is 148 Å². The second-order valence-electron chi connectivity index (χ2n) is 6.75. The Bertz CT molecular complexity index is 616. The van der Waals surface area contributed by atoms with Gasteiger partial charge in [-0.1, -0.05) is 0 Å². The molecule has 4 amide bonds. The molecule has 0 aromatic heterocycles. The second-order valence-corrected chi connectivity index (χ2v) is 6.75. The molecule has 1 N–H and O–H groups in total. The van der Waals surface area contributed by atoms with E-state index in [9.17, 15) is 29.1 Å². The van der Waals surface area contributed by atoms with E-state index in [2.05, 4.69) is 0 Å². The highest BCUT2D eigenvalue weighted by molar-refractivity contribution is 6.01. The van der Waals surface area contributed by atoms with Crippen molar-refractivity contribution < 1.29 is 38.8 Å². The minimum Gasteiger partial charge on any atom is -0.366 e. The Kier molecular flexibility index (Phi) is 5.33. The average Bonchev–Trinajstić information content (AvgIpc) is 3.26. The van der Waals surface area contributed by atoms with Crippen LogP contribution in [0.4, 0.5) is 0 Å². The number of carbonyl (C=O) groups excluding carboxylic acids is 5. The predicted octanol–water partition coefficient (Wildman–Crippen LogP) is -0.201. The monoisotopic (exact) mass is 368 g/mol. The van der Waals surface area contributed by atoms with Crippen molar-refractivity contribution in [3.8, 4) is 0 Å². The molecule has 0 bridgehead atoms. The fourth-order valence-corrected chi connectivity index (χ4v) is 3.45. The molecule has 2 heterocycles. The van der Waals surface area contributed by atoms with Crippen molar-refractivity contribution in [2.24, 2.45) is 11.8 Å². The molecular formula is C16H20N2O8. The molecule has 3 rings (SSSR count). The van der Waals surface area contributed by atoms with Gasteiger partial charge in [0.2, 0.25) is 0 Å². The van der Waals surface area contributed by atoms with Crippen molar-refractivity contribution in [3.63, 3.8) is 0 Å². The quantitative estimate of drug-likeness (QED) is 0.504. The Hall–Kier alpha value is -2.33. The lowest BCUT2D eigenvalue weighted by atomic mass is 10.0. The van der Waals surface area contributed by atoms with Crippen LogP contribution in [0.1, 0.15) is 51.4 Å². The summed E-state index contributed by atoms with van der Waals surface area (Å²) in [5.41, 5.74) is 0. The van der Waals surface area contributed by atoms with E-state index in [1.165, 1.54) is 0 Å². The van der Waals surface area contributed by atoms with E-state index >= 15 is 0 Å². The molecule has 0 aromatic rings. The van der Waals surface area contributed by atoms with Gasteiger partial charge in [0.25, 0.3) is 23.6 Å². The average molecular weight is 368 g/mol. The first kappa shape index (κ1) is 18.5. The number of nitrogens with zero attached hydrogens (tertiary/aromatic N) is 2. The molecule has 1 aliphatic carbocycles. The SMILES string of the molecule is O=C(ON1C(=O)CCC1=O)C1CCC(CC(O)ON2C(=O)CCC2=O)C1. The Morgan fingerprint density at radius 2 is 1.50 bits per heavy atom. The molecular weight excluding hydrogens is 348 g/mol. The molecule has 2 saturated heterocycles. The molecule has 3 unspecified atom stereocenters. The summed E-state index contributed by atoms with van der Waals surface area (Å²) in [4.78, 5) is 67.9. The van der Waals surface area contributed by atoms with Gasteiger partial charge in [0.1, 0.15) is 0 Å². The normalized spacial score (nSPS) is 27.6. The predicted molar refractivity (Wildman–Crippen MR) is 80.8 cm³/mol. The summed E-state index contributed by atoms with van der Waals surface area (Å²) < 4.78 is 0. The molecule has 3 aliphatic rings. The Balaban J connectivity index is 1.45. The van der Waals surface area contributed by atoms with Crippen molar-refractivity contribution in [2.45, 2.75) is 57.7 Å². The van der Waals surface area contributed by atoms with Gasteiger partial charge in [0.05, 0.1) is 5.92 Å². The minimum atomic E-state index is -1.33. The van der Waals surface area contributed by atoms with Crippen LogP contribution >= 0.6 is 0 Å². The molecule has 0 spiro atoms. The Morgan fingerprint density at radius 1 is 0.962 bits per heavy atom. The first-order valence-electron chi connectivity index (χ1n) is 8.63. The lowest BCUT2D eigenvalue weighted by Gasteiger charge is -2.20. The van der Waals surface area contributed by atoms with Crippen LogP contribution in [0.25, 0.3) is 0 Å². The zero-order valence-corrected chi connectivity index (χ0v) is 14.1. The van der Waals surface area contributed by atoms with E-state index in [1.54, 1.807) is 0 Å². The van der Waals surface area contributed by atoms with Crippen molar-refractivity contribution >= 4 is 29.6 Å². The van der Waals surface area contributed by atoms with E-state index in [0.717, 1.165) is 0 Å². The molecule has 0 radical (unpaired) electrons. The molecule has 10 heteroatoms. The van der Waals surface area contributed by atoms with Crippen LogP contribution in [-0.4, -0.2) is 51.1 Å². The highest BCUT2D eigenvalue weighted by atomic mass is 16.8. The molecule has 0 aromatic carbocycles. The highest BCUT2D eigenvalue weighted by Gasteiger charge is 2.39. The van der Waals surface area contributed by atoms with Crippen LogP contribution in [0.5, 0.6) is 0 Å². The van der Waals surface area contributed by atoms with E-state index < -0.39 is 41.8 Å². The number of imide groups is 2. The topological polar surface area (TPSA) is 131 Å². The van der Waals surface area contributed by atoms with E-state index in [4.69, 9.17) is 9.68 Å². The molecule has 1 saturated carbocycles. The van der Waals surface area contributed by atoms with Gasteiger partial charge in [0.15, 0.2) is 6.29 Å². The number of hydrogen-bond donors (Lipinski definition) is 1. The van der Waals surface area contributed by atoms with Crippen molar-refractivity contribution in [1.29, 1.82) is 0 Å². The third-order valence-corrected chi connectivity index (χ3v) is 4.83. The number of carbonyl (C=O) groups is 5. The lowest BCUT2D eigenvalue weighted by Crippen LogP contribution is -2.35. The first-order chi connectivity index (χ1) is 12.3. The molecule has 2 aliphatic heterocycles. The number of hydroxylamine groups is 4. The highest BCUT2D eigenvalue weighted by Crippen LogP contribution is 2.35. The molecule has 3 fully saturated rings. The number of rotatable bonds is 6.